The van der Waals surface area contributed by atoms with Gasteiger partial charge in [0.05, 0.1) is 24.3 Å². The summed E-state index contributed by atoms with van der Waals surface area (Å²) < 4.78 is 10.5. The van der Waals surface area contributed by atoms with Crippen molar-refractivity contribution in [2.24, 2.45) is 0 Å². The van der Waals surface area contributed by atoms with E-state index in [1.165, 1.54) is 7.11 Å². The van der Waals surface area contributed by atoms with E-state index < -0.39 is 0 Å². The van der Waals surface area contributed by atoms with E-state index in [-0.39, 0.29) is 11.8 Å². The number of carbonyl (C=O) groups is 2. The highest BCUT2D eigenvalue weighted by atomic mass is 35.5. The standard InChI is InChI=1S/C20H20Cl2N2O4/c1-27-17-6-4-14(12-18(17)28-2)20(26)24-9-7-23(8-10-24)19(25)13-3-5-15(21)16(22)11-13/h3-6,11-12H,7-10H2,1-2H3. The minimum atomic E-state index is -0.128. The Balaban J connectivity index is 1.65. The van der Waals surface area contributed by atoms with Gasteiger partial charge in [0.2, 0.25) is 0 Å². The quantitative estimate of drug-likeness (QED) is 0.754. The van der Waals surface area contributed by atoms with Crippen LogP contribution in [0.4, 0.5) is 0 Å². The van der Waals surface area contributed by atoms with Crippen LogP contribution < -0.4 is 9.47 Å². The maximum absolute atomic E-state index is 12.8. The molecule has 0 bridgehead atoms. The number of halogens is 2. The van der Waals surface area contributed by atoms with Crippen molar-refractivity contribution in [1.82, 2.24) is 9.80 Å². The van der Waals surface area contributed by atoms with Gasteiger partial charge < -0.3 is 19.3 Å². The number of ether oxygens (including phenoxy) is 2. The number of amides is 2. The maximum atomic E-state index is 12.8. The second kappa shape index (κ2) is 8.71. The highest BCUT2D eigenvalue weighted by molar-refractivity contribution is 6.42. The summed E-state index contributed by atoms with van der Waals surface area (Å²) in [7, 11) is 3.07. The topological polar surface area (TPSA) is 59.1 Å². The number of piperazine rings is 1. The number of hydrogen-bond donors (Lipinski definition) is 0. The first-order valence-corrected chi connectivity index (χ1v) is 9.46. The van der Waals surface area contributed by atoms with Crippen LogP contribution in [0, 0.1) is 0 Å². The summed E-state index contributed by atoms with van der Waals surface area (Å²) in [6.45, 7) is 1.77. The van der Waals surface area contributed by atoms with Gasteiger partial charge >= 0.3 is 0 Å². The Bertz CT molecular complexity index is 896. The largest absolute Gasteiger partial charge is 0.493 e. The summed E-state index contributed by atoms with van der Waals surface area (Å²) in [4.78, 5) is 28.9. The Hall–Kier alpha value is -2.44. The fraction of sp³-hybridized carbons (Fsp3) is 0.300. The van der Waals surface area contributed by atoms with Crippen molar-refractivity contribution < 1.29 is 19.1 Å². The van der Waals surface area contributed by atoms with E-state index in [2.05, 4.69) is 0 Å². The summed E-state index contributed by atoms with van der Waals surface area (Å²) in [5, 5.41) is 0.748. The van der Waals surface area contributed by atoms with Gasteiger partial charge in [-0.1, -0.05) is 23.2 Å². The lowest BCUT2D eigenvalue weighted by molar-refractivity contribution is 0.0535. The van der Waals surface area contributed by atoms with Crippen molar-refractivity contribution >= 4 is 35.0 Å². The van der Waals surface area contributed by atoms with E-state index in [0.29, 0.717) is 58.9 Å². The molecule has 0 radical (unpaired) electrons. The van der Waals surface area contributed by atoms with Gasteiger partial charge in [0, 0.05) is 37.3 Å². The average molecular weight is 423 g/mol. The molecule has 0 atom stereocenters. The van der Waals surface area contributed by atoms with Gasteiger partial charge in [0.25, 0.3) is 11.8 Å². The van der Waals surface area contributed by atoms with E-state index in [1.807, 2.05) is 0 Å². The molecule has 8 heteroatoms. The van der Waals surface area contributed by atoms with Gasteiger partial charge in [-0.2, -0.15) is 0 Å². The summed E-state index contributed by atoms with van der Waals surface area (Å²) in [6, 6.07) is 9.89. The van der Waals surface area contributed by atoms with Crippen LogP contribution in [0.15, 0.2) is 36.4 Å². The molecular weight excluding hydrogens is 403 g/mol. The third-order valence-electron chi connectivity index (χ3n) is 4.65. The number of hydrogen-bond acceptors (Lipinski definition) is 4. The third kappa shape index (κ3) is 4.18. The second-order valence-electron chi connectivity index (χ2n) is 6.28. The molecule has 3 rings (SSSR count). The highest BCUT2D eigenvalue weighted by Crippen LogP contribution is 2.28. The van der Waals surface area contributed by atoms with Crippen LogP contribution in [0.5, 0.6) is 11.5 Å². The fourth-order valence-corrected chi connectivity index (χ4v) is 3.37. The van der Waals surface area contributed by atoms with Crippen LogP contribution in [0.1, 0.15) is 20.7 Å². The molecule has 0 unspecified atom stereocenters. The molecule has 1 aliphatic heterocycles. The lowest BCUT2D eigenvalue weighted by Gasteiger charge is -2.35. The molecule has 1 fully saturated rings. The Morgan fingerprint density at radius 2 is 1.25 bits per heavy atom. The molecule has 2 aromatic rings. The van der Waals surface area contributed by atoms with Crippen molar-refractivity contribution in [3.63, 3.8) is 0 Å². The monoisotopic (exact) mass is 422 g/mol. The van der Waals surface area contributed by atoms with E-state index >= 15 is 0 Å². The van der Waals surface area contributed by atoms with Crippen molar-refractivity contribution in [3.05, 3.63) is 57.6 Å². The number of benzene rings is 2. The Kier molecular flexibility index (Phi) is 6.31. The average Bonchev–Trinajstić information content (AvgIpc) is 2.74. The smallest absolute Gasteiger partial charge is 0.254 e. The van der Waals surface area contributed by atoms with Gasteiger partial charge in [0.1, 0.15) is 0 Å². The first-order valence-electron chi connectivity index (χ1n) is 8.70. The number of rotatable bonds is 4. The molecule has 0 saturated carbocycles. The number of methoxy groups -OCH3 is 2. The highest BCUT2D eigenvalue weighted by Gasteiger charge is 2.26. The van der Waals surface area contributed by atoms with E-state index in [1.54, 1.807) is 53.3 Å². The van der Waals surface area contributed by atoms with Gasteiger partial charge in [0.15, 0.2) is 11.5 Å². The summed E-state index contributed by atoms with van der Waals surface area (Å²) in [5.74, 6) is 0.831. The minimum Gasteiger partial charge on any atom is -0.493 e. The maximum Gasteiger partial charge on any atom is 0.254 e. The molecule has 1 heterocycles. The predicted octanol–water partition coefficient (Wildman–Crippen LogP) is 3.61. The molecule has 28 heavy (non-hydrogen) atoms. The van der Waals surface area contributed by atoms with Crippen LogP contribution in [0.25, 0.3) is 0 Å². The normalized spacial score (nSPS) is 14.0. The molecule has 0 N–H and O–H groups in total. The van der Waals surface area contributed by atoms with E-state index in [4.69, 9.17) is 32.7 Å². The zero-order chi connectivity index (χ0) is 20.3. The Labute approximate surface area is 173 Å². The first-order chi connectivity index (χ1) is 13.4. The molecule has 2 aromatic carbocycles. The van der Waals surface area contributed by atoms with Crippen molar-refractivity contribution in [2.75, 3.05) is 40.4 Å². The zero-order valence-electron chi connectivity index (χ0n) is 15.6. The Morgan fingerprint density at radius 1 is 0.750 bits per heavy atom. The molecule has 0 spiro atoms. The van der Waals surface area contributed by atoms with Crippen molar-refractivity contribution in [1.29, 1.82) is 0 Å². The van der Waals surface area contributed by atoms with Gasteiger partial charge in [-0.05, 0) is 36.4 Å². The molecule has 0 aliphatic carbocycles. The van der Waals surface area contributed by atoms with Crippen LogP contribution in [-0.2, 0) is 0 Å². The molecule has 1 saturated heterocycles. The molecule has 1 aliphatic rings. The minimum absolute atomic E-state index is 0.109. The molecular formula is C20H20Cl2N2O4. The summed E-state index contributed by atoms with van der Waals surface area (Å²) >= 11 is 11.9. The van der Waals surface area contributed by atoms with Crippen LogP contribution in [0.2, 0.25) is 10.0 Å². The fourth-order valence-electron chi connectivity index (χ4n) is 3.08. The van der Waals surface area contributed by atoms with Crippen LogP contribution >= 0.6 is 23.2 Å². The van der Waals surface area contributed by atoms with Gasteiger partial charge in [-0.3, -0.25) is 9.59 Å². The van der Waals surface area contributed by atoms with Crippen molar-refractivity contribution in [2.45, 2.75) is 0 Å². The van der Waals surface area contributed by atoms with Crippen molar-refractivity contribution in [3.8, 4) is 11.5 Å². The third-order valence-corrected chi connectivity index (χ3v) is 5.39. The van der Waals surface area contributed by atoms with Gasteiger partial charge in [-0.25, -0.2) is 0 Å². The molecule has 2 amide bonds. The molecule has 148 valence electrons. The lowest BCUT2D eigenvalue weighted by Crippen LogP contribution is -2.50. The van der Waals surface area contributed by atoms with Crippen LogP contribution in [-0.4, -0.2) is 62.0 Å². The number of carbonyl (C=O) groups excluding carboxylic acids is 2. The number of nitrogens with zero attached hydrogens (tertiary/aromatic N) is 2. The molecule has 6 nitrogen and oxygen atoms in total. The van der Waals surface area contributed by atoms with Crippen LogP contribution in [0.3, 0.4) is 0 Å². The first kappa shape index (κ1) is 20.3. The van der Waals surface area contributed by atoms with E-state index in [9.17, 15) is 9.59 Å². The SMILES string of the molecule is COc1ccc(C(=O)N2CCN(C(=O)c3ccc(Cl)c(Cl)c3)CC2)cc1OC. The van der Waals surface area contributed by atoms with E-state index in [0.717, 1.165) is 0 Å². The predicted molar refractivity (Wildman–Crippen MR) is 108 cm³/mol. The van der Waals surface area contributed by atoms with Gasteiger partial charge in [-0.15, -0.1) is 0 Å². The summed E-state index contributed by atoms with van der Waals surface area (Å²) in [6.07, 6.45) is 0. The zero-order valence-corrected chi connectivity index (χ0v) is 17.1. The second-order valence-corrected chi connectivity index (χ2v) is 7.10. The summed E-state index contributed by atoms with van der Waals surface area (Å²) in [5.41, 5.74) is 0.996. The lowest BCUT2D eigenvalue weighted by atomic mass is 10.1. The molecule has 0 aromatic heterocycles. The Morgan fingerprint density at radius 3 is 1.75 bits per heavy atom.